The van der Waals surface area contributed by atoms with Gasteiger partial charge in [0.05, 0.1) is 0 Å². The van der Waals surface area contributed by atoms with Gasteiger partial charge in [-0.25, -0.2) is 0 Å². The number of hydrogen-bond acceptors (Lipinski definition) is 2. The van der Waals surface area contributed by atoms with Gasteiger partial charge in [-0.05, 0) is 24.0 Å². The zero-order chi connectivity index (χ0) is 11.1. The van der Waals surface area contributed by atoms with E-state index in [9.17, 15) is 4.79 Å². The smallest absolute Gasteiger partial charge is 0.220 e. The van der Waals surface area contributed by atoms with Crippen molar-refractivity contribution in [3.63, 3.8) is 0 Å². The van der Waals surface area contributed by atoms with Crippen molar-refractivity contribution in [2.75, 3.05) is 12.3 Å². The maximum absolute atomic E-state index is 11.2. The fraction of sp³-hybridized carbons (Fsp3) is 0.917. The van der Waals surface area contributed by atoms with Crippen molar-refractivity contribution in [1.29, 1.82) is 0 Å². The Labute approximate surface area is 98.6 Å². The van der Waals surface area contributed by atoms with Crippen molar-refractivity contribution in [1.82, 2.24) is 5.32 Å². The van der Waals surface area contributed by atoms with Gasteiger partial charge in [-0.1, -0.05) is 32.6 Å². The van der Waals surface area contributed by atoms with Crippen LogP contribution in [0.4, 0.5) is 0 Å². The highest BCUT2D eigenvalue weighted by Crippen LogP contribution is 2.29. The Bertz CT molecular complexity index is 188. The van der Waals surface area contributed by atoms with E-state index in [2.05, 4.69) is 24.9 Å². The standard InChI is InChI=1S/C12H23NOS/c1-10-2-4-11(5-3-10)6-8-13-12(14)7-9-15/h10-11,15H,2-9H2,1H3,(H,13,14). The molecule has 0 aliphatic heterocycles. The van der Waals surface area contributed by atoms with E-state index in [1.807, 2.05) is 0 Å². The fourth-order valence-corrected chi connectivity index (χ4v) is 2.43. The SMILES string of the molecule is CC1CCC(CCNC(=O)CCS)CC1. The number of rotatable bonds is 5. The lowest BCUT2D eigenvalue weighted by atomic mass is 9.81. The van der Waals surface area contributed by atoms with Crippen LogP contribution in [0.15, 0.2) is 0 Å². The average molecular weight is 229 g/mol. The number of carbonyl (C=O) groups excluding carboxylic acids is 1. The molecular weight excluding hydrogens is 206 g/mol. The zero-order valence-corrected chi connectivity index (χ0v) is 10.6. The molecule has 0 spiro atoms. The van der Waals surface area contributed by atoms with Crippen molar-refractivity contribution < 1.29 is 4.79 Å². The molecule has 0 aromatic heterocycles. The second-order valence-electron chi connectivity index (χ2n) is 4.74. The van der Waals surface area contributed by atoms with E-state index in [0.29, 0.717) is 12.2 Å². The van der Waals surface area contributed by atoms with Crippen LogP contribution in [0.3, 0.4) is 0 Å². The number of thiol groups is 1. The first-order valence-electron chi connectivity index (χ1n) is 6.10. The summed E-state index contributed by atoms with van der Waals surface area (Å²) >= 11 is 4.03. The number of nitrogens with one attached hydrogen (secondary N) is 1. The minimum Gasteiger partial charge on any atom is -0.356 e. The van der Waals surface area contributed by atoms with Crippen LogP contribution in [-0.2, 0) is 4.79 Å². The number of hydrogen-bond donors (Lipinski definition) is 2. The number of carbonyl (C=O) groups is 1. The van der Waals surface area contributed by atoms with Crippen molar-refractivity contribution in [2.24, 2.45) is 11.8 Å². The second-order valence-corrected chi connectivity index (χ2v) is 5.19. The first-order valence-corrected chi connectivity index (χ1v) is 6.73. The van der Waals surface area contributed by atoms with Crippen LogP contribution in [0.2, 0.25) is 0 Å². The second kappa shape index (κ2) is 7.15. The summed E-state index contributed by atoms with van der Waals surface area (Å²) < 4.78 is 0. The van der Waals surface area contributed by atoms with Crippen LogP contribution in [-0.4, -0.2) is 18.2 Å². The fourth-order valence-electron chi connectivity index (χ4n) is 2.22. The summed E-state index contributed by atoms with van der Waals surface area (Å²) in [4.78, 5) is 11.2. The molecule has 0 radical (unpaired) electrons. The van der Waals surface area contributed by atoms with Crippen LogP contribution in [0.5, 0.6) is 0 Å². The lowest BCUT2D eigenvalue weighted by Gasteiger charge is -2.26. The molecule has 0 heterocycles. The molecule has 3 heteroatoms. The van der Waals surface area contributed by atoms with E-state index in [0.717, 1.165) is 24.8 Å². The summed E-state index contributed by atoms with van der Waals surface area (Å²) in [5.74, 6) is 2.55. The van der Waals surface area contributed by atoms with Crippen molar-refractivity contribution >= 4 is 18.5 Å². The molecule has 1 fully saturated rings. The molecule has 1 amide bonds. The van der Waals surface area contributed by atoms with Gasteiger partial charge < -0.3 is 5.32 Å². The Morgan fingerprint density at radius 2 is 2.00 bits per heavy atom. The highest BCUT2D eigenvalue weighted by molar-refractivity contribution is 7.80. The summed E-state index contributed by atoms with van der Waals surface area (Å²) in [6.45, 7) is 3.19. The van der Waals surface area contributed by atoms with E-state index in [4.69, 9.17) is 0 Å². The zero-order valence-electron chi connectivity index (χ0n) is 9.67. The van der Waals surface area contributed by atoms with Crippen molar-refractivity contribution in [3.05, 3.63) is 0 Å². The van der Waals surface area contributed by atoms with Gasteiger partial charge in [-0.2, -0.15) is 12.6 Å². The molecule has 0 atom stereocenters. The van der Waals surface area contributed by atoms with Gasteiger partial charge in [-0.3, -0.25) is 4.79 Å². The normalized spacial score (nSPS) is 26.3. The minimum atomic E-state index is 0.147. The van der Waals surface area contributed by atoms with Crippen molar-refractivity contribution in [3.8, 4) is 0 Å². The van der Waals surface area contributed by atoms with Gasteiger partial charge in [0, 0.05) is 13.0 Å². The molecule has 1 aliphatic rings. The topological polar surface area (TPSA) is 29.1 Å². The highest BCUT2D eigenvalue weighted by Gasteiger charge is 2.17. The van der Waals surface area contributed by atoms with Gasteiger partial charge in [0.25, 0.3) is 0 Å². The van der Waals surface area contributed by atoms with Gasteiger partial charge in [0.2, 0.25) is 5.91 Å². The molecule has 88 valence electrons. The minimum absolute atomic E-state index is 0.147. The van der Waals surface area contributed by atoms with Gasteiger partial charge in [-0.15, -0.1) is 0 Å². The molecule has 1 aliphatic carbocycles. The molecule has 0 unspecified atom stereocenters. The Morgan fingerprint density at radius 1 is 1.33 bits per heavy atom. The van der Waals surface area contributed by atoms with Crippen LogP contribution in [0.25, 0.3) is 0 Å². The average Bonchev–Trinajstić information content (AvgIpc) is 2.21. The number of amides is 1. The Morgan fingerprint density at radius 3 is 2.60 bits per heavy atom. The Kier molecular flexibility index (Phi) is 6.15. The predicted octanol–water partition coefficient (Wildman–Crippen LogP) is 2.64. The largest absolute Gasteiger partial charge is 0.356 e. The van der Waals surface area contributed by atoms with Gasteiger partial charge in [0.1, 0.15) is 0 Å². The van der Waals surface area contributed by atoms with Crippen molar-refractivity contribution in [2.45, 2.75) is 45.4 Å². The van der Waals surface area contributed by atoms with Crippen LogP contribution in [0, 0.1) is 11.8 Å². The molecule has 0 bridgehead atoms. The van der Waals surface area contributed by atoms with E-state index in [1.165, 1.54) is 25.7 Å². The maximum Gasteiger partial charge on any atom is 0.220 e. The molecule has 1 saturated carbocycles. The third kappa shape index (κ3) is 5.45. The molecule has 0 saturated heterocycles. The summed E-state index contributed by atoms with van der Waals surface area (Å²) in [7, 11) is 0. The molecule has 1 N–H and O–H groups in total. The Balaban J connectivity index is 2.02. The molecule has 1 rings (SSSR count). The molecule has 0 aromatic rings. The summed E-state index contributed by atoms with van der Waals surface area (Å²) in [5.41, 5.74) is 0. The van der Waals surface area contributed by atoms with Crippen LogP contribution < -0.4 is 5.32 Å². The third-order valence-corrected chi connectivity index (χ3v) is 3.57. The molecule has 15 heavy (non-hydrogen) atoms. The van der Waals surface area contributed by atoms with Crippen LogP contribution >= 0.6 is 12.6 Å². The quantitative estimate of drug-likeness (QED) is 0.697. The summed E-state index contributed by atoms with van der Waals surface area (Å²) in [5, 5.41) is 2.95. The Hall–Kier alpha value is -0.180. The van der Waals surface area contributed by atoms with E-state index in [-0.39, 0.29) is 5.91 Å². The van der Waals surface area contributed by atoms with Gasteiger partial charge in [0.15, 0.2) is 0 Å². The third-order valence-electron chi connectivity index (χ3n) is 3.35. The molecule has 2 nitrogen and oxygen atoms in total. The van der Waals surface area contributed by atoms with Crippen LogP contribution in [0.1, 0.15) is 45.4 Å². The summed E-state index contributed by atoms with van der Waals surface area (Å²) in [6.07, 6.45) is 7.15. The van der Waals surface area contributed by atoms with Gasteiger partial charge >= 0.3 is 0 Å². The first-order chi connectivity index (χ1) is 7.22. The lowest BCUT2D eigenvalue weighted by molar-refractivity contribution is -0.120. The summed E-state index contributed by atoms with van der Waals surface area (Å²) in [6, 6.07) is 0. The maximum atomic E-state index is 11.2. The lowest BCUT2D eigenvalue weighted by Crippen LogP contribution is -2.26. The predicted molar refractivity (Wildman–Crippen MR) is 67.2 cm³/mol. The molecular formula is C12H23NOS. The van der Waals surface area contributed by atoms with E-state index < -0.39 is 0 Å². The molecule has 0 aromatic carbocycles. The highest BCUT2D eigenvalue weighted by atomic mass is 32.1. The first kappa shape index (κ1) is 12.9. The van der Waals surface area contributed by atoms with E-state index >= 15 is 0 Å². The van der Waals surface area contributed by atoms with E-state index in [1.54, 1.807) is 0 Å². The monoisotopic (exact) mass is 229 g/mol.